The van der Waals surface area contributed by atoms with Crippen molar-refractivity contribution in [3.05, 3.63) is 89.1 Å². The lowest BCUT2D eigenvalue weighted by Gasteiger charge is -2.30. The number of likely N-dealkylation sites (N-methyl/N-ethyl adjacent to an activating group) is 1. The average Bonchev–Trinajstić information content (AvgIpc) is 3.45. The van der Waals surface area contributed by atoms with Crippen molar-refractivity contribution >= 4 is 34.9 Å². The van der Waals surface area contributed by atoms with Crippen LogP contribution in [0.15, 0.2) is 66.9 Å². The van der Waals surface area contributed by atoms with Crippen molar-refractivity contribution in [3.8, 4) is 0 Å². The van der Waals surface area contributed by atoms with Crippen LogP contribution < -0.4 is 21.3 Å². The highest BCUT2D eigenvalue weighted by Crippen LogP contribution is 2.25. The summed E-state index contributed by atoms with van der Waals surface area (Å²) in [6, 6.07) is 15.2. The Hall–Kier alpha value is -4.61. The van der Waals surface area contributed by atoms with Gasteiger partial charge in [0.05, 0.1) is 6.20 Å². The molecule has 1 fully saturated rings. The number of nitrogens with one attached hydrogen (secondary N) is 2. The smallest absolute Gasteiger partial charge is 0.248 e. The first-order valence-corrected chi connectivity index (χ1v) is 15.5. The number of carbonyl (C=O) groups excluding carboxylic acids is 2. The van der Waals surface area contributed by atoms with Crippen LogP contribution in [0.5, 0.6) is 0 Å². The zero-order chi connectivity index (χ0) is 31.9. The number of fused-ring (bicyclic) bond motifs is 1. The summed E-state index contributed by atoms with van der Waals surface area (Å²) < 4.78 is 1.77. The van der Waals surface area contributed by atoms with E-state index in [-0.39, 0.29) is 30.1 Å². The fraction of sp³-hybridized carbons (Fsp3) is 0.382. The molecule has 0 saturated carbocycles. The van der Waals surface area contributed by atoms with Crippen LogP contribution in [0.2, 0.25) is 0 Å². The number of benzene rings is 2. The molecule has 11 nitrogen and oxygen atoms in total. The van der Waals surface area contributed by atoms with Crippen LogP contribution in [0, 0.1) is 0 Å². The third kappa shape index (κ3) is 8.31. The molecule has 2 aromatic carbocycles. The number of hydrogen-bond donors (Lipinski definition) is 3. The van der Waals surface area contributed by atoms with Crippen molar-refractivity contribution in [1.29, 1.82) is 0 Å². The number of piperidine rings is 1. The minimum absolute atomic E-state index is 0.0273. The average molecular weight is 610 g/mol. The Morgan fingerprint density at radius 2 is 1.82 bits per heavy atom. The standard InChI is InChI=1S/C34H43N9O2/c1-23(2)29-22-37-43-32(29)39-34(42-16-13-27(35)14-17-42)40-33(43)36-21-25-9-5-8-24(18-25)19-30(44)26-10-6-11-28(20-26)38-31(45)12-7-15-41(3)4/h5-12,18,20,22-23,27H,13-17,19,21,35H2,1-4H3,(H,38,45)(H,36,39,40)/b12-7+. The molecule has 3 heterocycles. The van der Waals surface area contributed by atoms with Crippen LogP contribution in [0.1, 0.15) is 59.7 Å². The van der Waals surface area contributed by atoms with Gasteiger partial charge >= 0.3 is 0 Å². The summed E-state index contributed by atoms with van der Waals surface area (Å²) in [5.41, 5.74) is 11.1. The Morgan fingerprint density at radius 1 is 1.07 bits per heavy atom. The van der Waals surface area contributed by atoms with Crippen LogP contribution >= 0.6 is 0 Å². The van der Waals surface area contributed by atoms with E-state index in [1.165, 1.54) is 6.08 Å². The zero-order valence-corrected chi connectivity index (χ0v) is 26.5. The number of rotatable bonds is 12. The first-order valence-electron chi connectivity index (χ1n) is 15.5. The molecular formula is C34H43N9O2. The van der Waals surface area contributed by atoms with Gasteiger partial charge in [0.25, 0.3) is 0 Å². The first-order chi connectivity index (χ1) is 21.7. The monoisotopic (exact) mass is 609 g/mol. The van der Waals surface area contributed by atoms with Crippen LogP contribution in [0.3, 0.4) is 0 Å². The molecular weight excluding hydrogens is 566 g/mol. The summed E-state index contributed by atoms with van der Waals surface area (Å²) in [7, 11) is 3.87. The molecule has 0 unspecified atom stereocenters. The van der Waals surface area contributed by atoms with E-state index in [0.717, 1.165) is 48.3 Å². The molecule has 236 valence electrons. The van der Waals surface area contributed by atoms with Crippen LogP contribution in [0.25, 0.3) is 5.65 Å². The van der Waals surface area contributed by atoms with E-state index >= 15 is 0 Å². The number of aromatic nitrogens is 4. The fourth-order valence-corrected chi connectivity index (χ4v) is 5.29. The lowest BCUT2D eigenvalue weighted by Crippen LogP contribution is -2.40. The van der Waals surface area contributed by atoms with Gasteiger partial charge in [-0.15, -0.1) is 0 Å². The van der Waals surface area contributed by atoms with Gasteiger partial charge in [0, 0.05) is 61.5 Å². The predicted molar refractivity (Wildman–Crippen MR) is 179 cm³/mol. The second-order valence-electron chi connectivity index (χ2n) is 12.2. The van der Waals surface area contributed by atoms with Crippen LogP contribution in [0.4, 0.5) is 17.6 Å². The minimum Gasteiger partial charge on any atom is -0.350 e. The van der Waals surface area contributed by atoms with Gasteiger partial charge in [-0.2, -0.15) is 19.6 Å². The molecule has 0 bridgehead atoms. The Balaban J connectivity index is 1.27. The normalized spacial score (nSPS) is 14.2. The molecule has 45 heavy (non-hydrogen) atoms. The SMILES string of the molecule is CC(C)c1cnn2c(NCc3cccc(CC(=O)c4cccc(NC(=O)/C=C/CN(C)C)c4)c3)nc(N3CCC(N)CC3)nc12. The molecule has 5 rings (SSSR count). The molecule has 2 aromatic heterocycles. The Labute approximate surface area is 264 Å². The summed E-state index contributed by atoms with van der Waals surface area (Å²) >= 11 is 0. The molecule has 1 amide bonds. The Bertz CT molecular complexity index is 1670. The fourth-order valence-electron chi connectivity index (χ4n) is 5.29. The van der Waals surface area contributed by atoms with E-state index in [1.807, 2.05) is 49.5 Å². The highest BCUT2D eigenvalue weighted by atomic mass is 16.1. The van der Waals surface area contributed by atoms with E-state index in [9.17, 15) is 9.59 Å². The van der Waals surface area contributed by atoms with Crippen molar-refractivity contribution < 1.29 is 9.59 Å². The molecule has 0 radical (unpaired) electrons. The van der Waals surface area contributed by atoms with Gasteiger partial charge in [-0.3, -0.25) is 9.59 Å². The van der Waals surface area contributed by atoms with Crippen molar-refractivity contribution in [3.63, 3.8) is 0 Å². The molecule has 4 aromatic rings. The number of amides is 1. The second kappa shape index (κ2) is 14.4. The summed E-state index contributed by atoms with van der Waals surface area (Å²) in [5, 5.41) is 10.9. The van der Waals surface area contributed by atoms with Gasteiger partial charge in [0.15, 0.2) is 11.4 Å². The Morgan fingerprint density at radius 3 is 2.58 bits per heavy atom. The van der Waals surface area contributed by atoms with Crippen molar-refractivity contribution in [2.75, 3.05) is 49.3 Å². The van der Waals surface area contributed by atoms with Crippen molar-refractivity contribution in [1.82, 2.24) is 24.5 Å². The number of hydrogen-bond acceptors (Lipinski definition) is 9. The van der Waals surface area contributed by atoms with Gasteiger partial charge in [-0.1, -0.05) is 56.3 Å². The molecule has 0 atom stereocenters. The maximum Gasteiger partial charge on any atom is 0.248 e. The van der Waals surface area contributed by atoms with E-state index in [1.54, 1.807) is 34.9 Å². The number of ketones is 1. The van der Waals surface area contributed by atoms with Gasteiger partial charge in [-0.25, -0.2) is 0 Å². The van der Waals surface area contributed by atoms with Gasteiger partial charge < -0.3 is 26.2 Å². The maximum atomic E-state index is 13.2. The third-order valence-corrected chi connectivity index (χ3v) is 7.83. The second-order valence-corrected chi connectivity index (χ2v) is 12.2. The van der Waals surface area contributed by atoms with Crippen LogP contribution in [-0.4, -0.2) is 75.9 Å². The van der Waals surface area contributed by atoms with Crippen molar-refractivity contribution in [2.24, 2.45) is 5.73 Å². The lowest BCUT2D eigenvalue weighted by atomic mass is 10.0. The first kappa shape index (κ1) is 31.8. The van der Waals surface area contributed by atoms with E-state index in [2.05, 4.69) is 34.5 Å². The van der Waals surface area contributed by atoms with Gasteiger partial charge in [-0.05, 0) is 56.1 Å². The van der Waals surface area contributed by atoms with Crippen molar-refractivity contribution in [2.45, 2.75) is 51.6 Å². The molecule has 1 saturated heterocycles. The number of anilines is 3. The van der Waals surface area contributed by atoms with Gasteiger partial charge in [0.1, 0.15) is 0 Å². The van der Waals surface area contributed by atoms with Gasteiger partial charge in [0.2, 0.25) is 17.8 Å². The highest BCUT2D eigenvalue weighted by molar-refractivity contribution is 6.02. The van der Waals surface area contributed by atoms with E-state index in [4.69, 9.17) is 15.7 Å². The Kier molecular flexibility index (Phi) is 10.2. The summed E-state index contributed by atoms with van der Waals surface area (Å²) in [5.74, 6) is 1.31. The molecule has 1 aliphatic heterocycles. The third-order valence-electron chi connectivity index (χ3n) is 7.83. The topological polar surface area (TPSA) is 134 Å². The molecule has 4 N–H and O–H groups in total. The largest absolute Gasteiger partial charge is 0.350 e. The number of nitrogens with zero attached hydrogens (tertiary/aromatic N) is 6. The molecule has 11 heteroatoms. The molecule has 1 aliphatic rings. The predicted octanol–water partition coefficient (Wildman–Crippen LogP) is 4.27. The number of Topliss-reactive ketones (excluding diaryl/α,β-unsaturated/α-hetero) is 1. The summed E-state index contributed by atoms with van der Waals surface area (Å²) in [4.78, 5) is 39.4. The minimum atomic E-state index is -0.231. The lowest BCUT2D eigenvalue weighted by molar-refractivity contribution is -0.111. The number of nitrogens with two attached hydrogens (primary N) is 1. The summed E-state index contributed by atoms with van der Waals surface area (Å²) in [6.45, 7) is 7.08. The van der Waals surface area contributed by atoms with E-state index in [0.29, 0.717) is 36.2 Å². The molecule has 0 spiro atoms. The highest BCUT2D eigenvalue weighted by Gasteiger charge is 2.22. The molecule has 0 aliphatic carbocycles. The maximum absolute atomic E-state index is 13.2. The summed E-state index contributed by atoms with van der Waals surface area (Å²) in [6.07, 6.45) is 7.22. The zero-order valence-electron chi connectivity index (χ0n) is 26.5. The van der Waals surface area contributed by atoms with Crippen LogP contribution in [-0.2, 0) is 17.8 Å². The van der Waals surface area contributed by atoms with E-state index < -0.39 is 0 Å². The number of carbonyl (C=O) groups is 2. The quantitative estimate of drug-likeness (QED) is 0.159.